The Balaban J connectivity index is 0.000000471. The average Bonchev–Trinajstić information content (AvgIpc) is 2.26. The number of fused-ring (bicyclic) bond motifs is 1. The van der Waals surface area contributed by atoms with Crippen LogP contribution in [0, 0.1) is 0 Å². The smallest absolute Gasteiger partial charge is 0.337 e. The summed E-state index contributed by atoms with van der Waals surface area (Å²) >= 11 is 0. The summed E-state index contributed by atoms with van der Waals surface area (Å²) in [6, 6.07) is 5.08. The van der Waals surface area contributed by atoms with Gasteiger partial charge in [-0.2, -0.15) is 8.42 Å². The molecule has 0 aliphatic carbocycles. The highest BCUT2D eigenvalue weighted by atomic mass is 32.2. The molecule has 4 N–H and O–H groups in total. The van der Waals surface area contributed by atoms with Crippen molar-refractivity contribution in [1.82, 2.24) is 9.97 Å². The van der Waals surface area contributed by atoms with E-state index in [-0.39, 0.29) is 11.0 Å². The van der Waals surface area contributed by atoms with Crippen LogP contribution in [0.4, 0.5) is 0 Å². The number of nitrogens with zero attached hydrogens (tertiary/aromatic N) is 2. The SMILES string of the molecule is CS(=O)(=O)O.O.O=C(O)c1cnc2ncccc2c1. The fraction of sp³-hybridized carbons (Fsp3) is 0.100. The predicted molar refractivity (Wildman–Crippen MR) is 67.6 cm³/mol. The van der Waals surface area contributed by atoms with Crippen molar-refractivity contribution >= 4 is 27.1 Å². The molecule has 0 amide bonds. The molecule has 0 aliphatic heterocycles. The number of carbonyl (C=O) groups is 1. The second-order valence-electron chi connectivity index (χ2n) is 3.31. The zero-order chi connectivity index (χ0) is 13.8. The normalized spacial score (nSPS) is 10.0. The molecule has 0 unspecified atom stereocenters. The molecule has 0 radical (unpaired) electrons. The van der Waals surface area contributed by atoms with Gasteiger partial charge in [0.05, 0.1) is 11.8 Å². The molecular formula is C10H12N2O6S. The summed E-state index contributed by atoms with van der Waals surface area (Å²) in [6.07, 6.45) is 3.64. The summed E-state index contributed by atoms with van der Waals surface area (Å²) in [5, 5.41) is 9.42. The molecule has 0 spiro atoms. The number of aromatic carboxylic acids is 1. The maximum absolute atomic E-state index is 10.6. The molecule has 2 aromatic heterocycles. The highest BCUT2D eigenvalue weighted by molar-refractivity contribution is 7.85. The van der Waals surface area contributed by atoms with E-state index in [1.165, 1.54) is 6.20 Å². The van der Waals surface area contributed by atoms with E-state index in [1.807, 2.05) is 0 Å². The van der Waals surface area contributed by atoms with E-state index in [4.69, 9.17) is 9.66 Å². The van der Waals surface area contributed by atoms with E-state index >= 15 is 0 Å². The Labute approximate surface area is 108 Å². The average molecular weight is 288 g/mol. The maximum atomic E-state index is 10.6. The van der Waals surface area contributed by atoms with Crippen molar-refractivity contribution in [2.24, 2.45) is 0 Å². The Kier molecular flexibility index (Phi) is 5.99. The molecule has 0 atom stereocenters. The Morgan fingerprint density at radius 2 is 1.89 bits per heavy atom. The van der Waals surface area contributed by atoms with Crippen LogP contribution in [0.1, 0.15) is 10.4 Å². The summed E-state index contributed by atoms with van der Waals surface area (Å²) in [7, 11) is -3.67. The van der Waals surface area contributed by atoms with Crippen LogP contribution < -0.4 is 0 Å². The monoisotopic (exact) mass is 288 g/mol. The van der Waals surface area contributed by atoms with Gasteiger partial charge in [0.1, 0.15) is 0 Å². The van der Waals surface area contributed by atoms with Gasteiger partial charge in [-0.15, -0.1) is 0 Å². The Hall–Kier alpha value is -2.10. The molecule has 0 bridgehead atoms. The third-order valence-corrected chi connectivity index (χ3v) is 1.70. The summed E-state index contributed by atoms with van der Waals surface area (Å²) in [6.45, 7) is 0. The van der Waals surface area contributed by atoms with Crippen molar-refractivity contribution in [1.29, 1.82) is 0 Å². The zero-order valence-electron chi connectivity index (χ0n) is 9.81. The van der Waals surface area contributed by atoms with Crippen molar-refractivity contribution in [3.05, 3.63) is 36.2 Å². The number of carboxylic acid groups (broad SMARTS) is 1. The lowest BCUT2D eigenvalue weighted by Gasteiger charge is -1.96. The number of hydrogen-bond donors (Lipinski definition) is 2. The van der Waals surface area contributed by atoms with Gasteiger partial charge in [-0.1, -0.05) is 0 Å². The molecule has 0 saturated heterocycles. The molecule has 104 valence electrons. The molecule has 9 heteroatoms. The van der Waals surface area contributed by atoms with Gasteiger partial charge in [0.2, 0.25) is 0 Å². The minimum Gasteiger partial charge on any atom is -0.478 e. The van der Waals surface area contributed by atoms with Gasteiger partial charge in [0.15, 0.2) is 5.65 Å². The van der Waals surface area contributed by atoms with Crippen molar-refractivity contribution in [2.45, 2.75) is 0 Å². The van der Waals surface area contributed by atoms with Crippen molar-refractivity contribution in [2.75, 3.05) is 6.26 Å². The Bertz CT molecular complexity index is 663. The number of rotatable bonds is 1. The van der Waals surface area contributed by atoms with Crippen molar-refractivity contribution in [3.63, 3.8) is 0 Å². The predicted octanol–water partition coefficient (Wildman–Crippen LogP) is 0.00730. The lowest BCUT2D eigenvalue weighted by molar-refractivity contribution is 0.0696. The van der Waals surface area contributed by atoms with Gasteiger partial charge < -0.3 is 10.6 Å². The van der Waals surface area contributed by atoms with Crippen molar-refractivity contribution in [3.8, 4) is 0 Å². The molecule has 0 saturated carbocycles. The molecule has 0 aromatic carbocycles. The topological polar surface area (TPSA) is 149 Å². The van der Waals surface area contributed by atoms with Crippen LogP contribution in [-0.4, -0.2) is 45.7 Å². The second-order valence-corrected chi connectivity index (χ2v) is 4.78. The molecule has 8 nitrogen and oxygen atoms in total. The summed E-state index contributed by atoms with van der Waals surface area (Å²) < 4.78 is 25.9. The van der Waals surface area contributed by atoms with Gasteiger partial charge >= 0.3 is 5.97 Å². The van der Waals surface area contributed by atoms with Gasteiger partial charge in [-0.05, 0) is 18.2 Å². The third-order valence-electron chi connectivity index (χ3n) is 1.70. The highest BCUT2D eigenvalue weighted by Crippen LogP contribution is 2.09. The van der Waals surface area contributed by atoms with Gasteiger partial charge in [-0.3, -0.25) is 4.55 Å². The van der Waals surface area contributed by atoms with E-state index in [9.17, 15) is 13.2 Å². The molecule has 0 aliphatic rings. The fourth-order valence-corrected chi connectivity index (χ4v) is 1.08. The van der Waals surface area contributed by atoms with E-state index in [1.54, 1.807) is 24.4 Å². The quantitative estimate of drug-likeness (QED) is 0.701. The Morgan fingerprint density at radius 1 is 1.32 bits per heavy atom. The van der Waals surface area contributed by atoms with Crippen LogP contribution in [0.3, 0.4) is 0 Å². The van der Waals surface area contributed by atoms with E-state index < -0.39 is 16.1 Å². The highest BCUT2D eigenvalue weighted by Gasteiger charge is 2.03. The van der Waals surface area contributed by atoms with Crippen LogP contribution in [0.25, 0.3) is 11.0 Å². The van der Waals surface area contributed by atoms with Gasteiger partial charge in [-0.25, -0.2) is 14.8 Å². The first kappa shape index (κ1) is 16.9. The van der Waals surface area contributed by atoms with Gasteiger partial charge in [0.25, 0.3) is 10.1 Å². The number of aromatic nitrogens is 2. The van der Waals surface area contributed by atoms with Crippen LogP contribution in [0.15, 0.2) is 30.6 Å². The maximum Gasteiger partial charge on any atom is 0.337 e. The molecule has 2 rings (SSSR count). The number of pyridine rings is 2. The summed E-state index contributed by atoms with van der Waals surface area (Å²) in [5.74, 6) is -0.974. The summed E-state index contributed by atoms with van der Waals surface area (Å²) in [5.41, 5.74) is 0.744. The van der Waals surface area contributed by atoms with Crippen LogP contribution in [0.2, 0.25) is 0 Å². The molecule has 0 fully saturated rings. The van der Waals surface area contributed by atoms with E-state index in [2.05, 4.69) is 9.97 Å². The molecule has 2 heterocycles. The van der Waals surface area contributed by atoms with Crippen LogP contribution in [-0.2, 0) is 10.1 Å². The first-order chi connectivity index (χ1) is 8.27. The number of hydrogen-bond acceptors (Lipinski definition) is 5. The zero-order valence-corrected chi connectivity index (χ0v) is 10.6. The first-order valence-corrected chi connectivity index (χ1v) is 6.49. The fourth-order valence-electron chi connectivity index (χ4n) is 1.08. The molecular weight excluding hydrogens is 276 g/mol. The molecule has 19 heavy (non-hydrogen) atoms. The third kappa shape index (κ3) is 6.41. The standard InChI is InChI=1S/C9H6N2O2.CH4O3S.H2O/c12-9(13)7-4-6-2-1-3-10-8(6)11-5-7;1-5(2,3)4;/h1-5H,(H,12,13);1H3,(H,2,3,4);1H2. The number of carboxylic acids is 1. The summed E-state index contributed by atoms with van der Waals surface area (Å²) in [4.78, 5) is 18.5. The minimum atomic E-state index is -3.67. The van der Waals surface area contributed by atoms with E-state index in [0.29, 0.717) is 11.9 Å². The first-order valence-electron chi connectivity index (χ1n) is 4.64. The largest absolute Gasteiger partial charge is 0.478 e. The van der Waals surface area contributed by atoms with E-state index in [0.717, 1.165) is 5.39 Å². The van der Waals surface area contributed by atoms with Crippen LogP contribution in [0.5, 0.6) is 0 Å². The second kappa shape index (κ2) is 6.73. The van der Waals surface area contributed by atoms with Gasteiger partial charge in [0, 0.05) is 17.8 Å². The van der Waals surface area contributed by atoms with Crippen molar-refractivity contribution < 1.29 is 28.3 Å². The van der Waals surface area contributed by atoms with Crippen LogP contribution >= 0.6 is 0 Å². The Morgan fingerprint density at radius 3 is 2.42 bits per heavy atom. The lowest BCUT2D eigenvalue weighted by Crippen LogP contribution is -1.97. The lowest BCUT2D eigenvalue weighted by atomic mass is 10.2. The minimum absolute atomic E-state index is 0. The molecule has 2 aromatic rings.